The molecule has 0 fully saturated rings. The van der Waals surface area contributed by atoms with Gasteiger partial charge in [-0.1, -0.05) is 53.4 Å². The molecule has 0 aliphatic rings. The number of rotatable bonds is 12. The molecule has 0 amide bonds. The van der Waals surface area contributed by atoms with Crippen LogP contribution >= 0.6 is 0 Å². The maximum atomic E-state index is 2.34. The van der Waals surface area contributed by atoms with E-state index in [2.05, 4.69) is 55.4 Å². The van der Waals surface area contributed by atoms with Crippen LogP contribution in [-0.4, -0.2) is 36.8 Å². The molecular weight excluding hydrogens is 265 g/mol. The third kappa shape index (κ3) is 9.23. The van der Waals surface area contributed by atoms with E-state index in [4.69, 9.17) is 0 Å². The molecule has 0 aliphatic carbocycles. The zero-order valence-corrected chi connectivity index (χ0v) is 17.5. The number of hydrogen-bond acceptors (Lipinski definition) is 0. The first-order valence-electron chi connectivity index (χ1n) is 10.6. The molecule has 0 saturated heterocycles. The summed E-state index contributed by atoms with van der Waals surface area (Å²) in [6.45, 7) is 23.6. The highest BCUT2D eigenvalue weighted by molar-refractivity contribution is 6.79. The summed E-state index contributed by atoms with van der Waals surface area (Å²) in [5, 5.41) is 0. The lowest BCUT2D eigenvalue weighted by atomic mass is 9.17. The fourth-order valence-electron chi connectivity index (χ4n) is 4.66. The van der Waals surface area contributed by atoms with Crippen molar-refractivity contribution in [1.29, 1.82) is 0 Å². The second-order valence-corrected chi connectivity index (χ2v) is 7.49. The first-order valence-corrected chi connectivity index (χ1v) is 10.6. The minimum Gasteiger partial charge on any atom is -0.325 e. The molecule has 0 unspecified atom stereocenters. The van der Waals surface area contributed by atoms with Gasteiger partial charge < -0.3 is 4.48 Å². The van der Waals surface area contributed by atoms with Crippen molar-refractivity contribution < 1.29 is 4.48 Å². The molecule has 2 heteroatoms. The van der Waals surface area contributed by atoms with Crippen LogP contribution in [-0.2, 0) is 0 Å². The molecule has 136 valence electrons. The van der Waals surface area contributed by atoms with Crippen molar-refractivity contribution in [2.45, 2.75) is 106 Å². The number of nitrogens with zero attached hydrogens (tertiary/aromatic N) is 1. The Hall–Kier alpha value is 0.0249. The molecular formula is C20H48BN. The molecule has 22 heavy (non-hydrogen) atoms. The van der Waals surface area contributed by atoms with E-state index in [1.807, 2.05) is 0 Å². The first kappa shape index (κ1) is 24.3. The van der Waals surface area contributed by atoms with E-state index >= 15 is 0 Å². The van der Waals surface area contributed by atoms with Crippen LogP contribution in [0.5, 0.6) is 0 Å². The van der Waals surface area contributed by atoms with E-state index in [1.165, 1.54) is 81.6 Å². The van der Waals surface area contributed by atoms with Crippen molar-refractivity contribution in [3.8, 4) is 0 Å². The van der Waals surface area contributed by atoms with Gasteiger partial charge >= 0.3 is 0 Å². The summed E-state index contributed by atoms with van der Waals surface area (Å²) in [5.74, 6) is 0. The van der Waals surface area contributed by atoms with Gasteiger partial charge in [0.1, 0.15) is 0 Å². The summed E-state index contributed by atoms with van der Waals surface area (Å²) in [6, 6.07) is 0. The second-order valence-electron chi connectivity index (χ2n) is 7.49. The Labute approximate surface area is 143 Å². The second kappa shape index (κ2) is 14.6. The van der Waals surface area contributed by atoms with Crippen LogP contribution < -0.4 is 0 Å². The molecule has 0 radical (unpaired) electrons. The standard InChI is InChI=1S/C12H28B.C8H20N/c1-5-9-13(10-6-2,11-7-3)12-8-4;1-5-9(6-2,7-3)8-4/h5-12H2,1-4H3;5-8H2,1-4H3/q-1;+1. The SMILES string of the molecule is CCC[B-](CCC)(CCC)CCC.CC[N+](CC)(CC)CC. The molecule has 1 nitrogen and oxygen atoms in total. The Morgan fingerprint density at radius 3 is 0.773 bits per heavy atom. The summed E-state index contributed by atoms with van der Waals surface area (Å²) in [5.41, 5.74) is 0. The summed E-state index contributed by atoms with van der Waals surface area (Å²) in [4.78, 5) is 0. The van der Waals surface area contributed by atoms with Gasteiger partial charge in [0.2, 0.25) is 0 Å². The summed E-state index contributed by atoms with van der Waals surface area (Å²) in [6.07, 6.45) is 11.6. The van der Waals surface area contributed by atoms with Gasteiger partial charge in [-0.3, -0.25) is 0 Å². The predicted molar refractivity (Wildman–Crippen MR) is 109 cm³/mol. The predicted octanol–water partition coefficient (Wildman–Crippen LogP) is 6.96. The molecule has 0 saturated carbocycles. The van der Waals surface area contributed by atoms with Crippen molar-refractivity contribution in [2.75, 3.05) is 26.2 Å². The summed E-state index contributed by atoms with van der Waals surface area (Å²) >= 11 is 0. The normalized spacial score (nSPS) is 12.0. The van der Waals surface area contributed by atoms with Gasteiger partial charge in [-0.2, -0.15) is 25.3 Å². The van der Waals surface area contributed by atoms with Crippen molar-refractivity contribution in [3.63, 3.8) is 0 Å². The van der Waals surface area contributed by atoms with E-state index in [9.17, 15) is 0 Å². The van der Waals surface area contributed by atoms with Crippen LogP contribution in [0.25, 0.3) is 0 Å². The molecule has 0 heterocycles. The fraction of sp³-hybridized carbons (Fsp3) is 1.00. The van der Waals surface area contributed by atoms with Crippen molar-refractivity contribution in [3.05, 3.63) is 0 Å². The van der Waals surface area contributed by atoms with E-state index in [0.717, 1.165) is 0 Å². The van der Waals surface area contributed by atoms with E-state index in [0.29, 0.717) is 0 Å². The maximum Gasteiger partial charge on any atom is 0.0757 e. The monoisotopic (exact) mass is 313 g/mol. The maximum absolute atomic E-state index is 2.34. The minimum absolute atomic E-state index is 0.0278. The van der Waals surface area contributed by atoms with Gasteiger partial charge in [0, 0.05) is 6.15 Å². The summed E-state index contributed by atoms with van der Waals surface area (Å²) in [7, 11) is 0. The molecule has 0 bridgehead atoms. The van der Waals surface area contributed by atoms with Crippen molar-refractivity contribution in [2.24, 2.45) is 0 Å². The average Bonchev–Trinajstić information content (AvgIpc) is 2.52. The van der Waals surface area contributed by atoms with Crippen molar-refractivity contribution >= 4 is 6.15 Å². The van der Waals surface area contributed by atoms with E-state index in [-0.39, 0.29) is 6.15 Å². The molecule has 0 N–H and O–H groups in total. The Morgan fingerprint density at radius 2 is 0.682 bits per heavy atom. The highest BCUT2D eigenvalue weighted by Gasteiger charge is 2.20. The Bertz CT molecular complexity index is 177. The van der Waals surface area contributed by atoms with Crippen LogP contribution in [0.3, 0.4) is 0 Å². The van der Waals surface area contributed by atoms with Gasteiger partial charge in [-0.05, 0) is 27.7 Å². The fourth-order valence-corrected chi connectivity index (χ4v) is 4.66. The van der Waals surface area contributed by atoms with Crippen LogP contribution in [0.4, 0.5) is 0 Å². The van der Waals surface area contributed by atoms with Crippen LogP contribution in [0.2, 0.25) is 25.3 Å². The summed E-state index contributed by atoms with van der Waals surface area (Å²) < 4.78 is 1.28. The van der Waals surface area contributed by atoms with Crippen LogP contribution in [0.1, 0.15) is 81.1 Å². The quantitative estimate of drug-likeness (QED) is 0.270. The lowest BCUT2D eigenvalue weighted by Crippen LogP contribution is -2.47. The highest BCUT2D eigenvalue weighted by Crippen LogP contribution is 2.31. The van der Waals surface area contributed by atoms with Gasteiger partial charge in [0.15, 0.2) is 0 Å². The van der Waals surface area contributed by atoms with Gasteiger partial charge in [-0.15, -0.1) is 0 Å². The zero-order chi connectivity index (χ0) is 17.5. The van der Waals surface area contributed by atoms with E-state index in [1.54, 1.807) is 0 Å². The Balaban J connectivity index is 0. The molecule has 0 aromatic rings. The minimum atomic E-state index is 0.0278. The Morgan fingerprint density at radius 1 is 0.455 bits per heavy atom. The molecule has 0 aromatic carbocycles. The lowest BCUT2D eigenvalue weighted by Gasteiger charge is -2.39. The molecule has 0 rings (SSSR count). The van der Waals surface area contributed by atoms with Gasteiger partial charge in [-0.25, -0.2) is 0 Å². The molecule has 0 aliphatic heterocycles. The van der Waals surface area contributed by atoms with E-state index < -0.39 is 0 Å². The molecule has 0 aromatic heterocycles. The third-order valence-corrected chi connectivity index (χ3v) is 6.29. The third-order valence-electron chi connectivity index (χ3n) is 6.29. The van der Waals surface area contributed by atoms with Crippen LogP contribution in [0, 0.1) is 0 Å². The van der Waals surface area contributed by atoms with Gasteiger partial charge in [0.25, 0.3) is 0 Å². The Kier molecular flexibility index (Phi) is 16.1. The van der Waals surface area contributed by atoms with Gasteiger partial charge in [0.05, 0.1) is 26.2 Å². The largest absolute Gasteiger partial charge is 0.325 e. The average molecular weight is 313 g/mol. The van der Waals surface area contributed by atoms with Crippen LogP contribution in [0.15, 0.2) is 0 Å². The van der Waals surface area contributed by atoms with Crippen molar-refractivity contribution in [1.82, 2.24) is 0 Å². The molecule has 0 atom stereocenters. The lowest BCUT2D eigenvalue weighted by molar-refractivity contribution is -0.921. The first-order chi connectivity index (χ1) is 10.5. The highest BCUT2D eigenvalue weighted by atomic mass is 15.3. The number of hydrogen-bond donors (Lipinski definition) is 0. The topological polar surface area (TPSA) is 0 Å². The number of quaternary nitrogens is 1. The smallest absolute Gasteiger partial charge is 0.0757 e. The molecule has 0 spiro atoms. The zero-order valence-electron chi connectivity index (χ0n) is 17.5.